The number of nitrogens with one attached hydrogen (secondary N) is 1. The van der Waals surface area contributed by atoms with Crippen LogP contribution in [0.25, 0.3) is 0 Å². The summed E-state index contributed by atoms with van der Waals surface area (Å²) in [4.78, 5) is 39.2. The standard InChI is InChI=1S/C19H22F3N3O3/c1-12(13-8-9-13)25(11-19(20,21)22)15(26)10-24-16(27)18(2,23-17(24)28)14-6-4-3-5-7-14/h3-7,12-13H,8-11H2,1-2H3,(H,23,28)/t12-,18+/m0/s1. The molecule has 152 valence electrons. The summed E-state index contributed by atoms with van der Waals surface area (Å²) in [7, 11) is 0. The zero-order valence-electron chi connectivity index (χ0n) is 15.6. The van der Waals surface area contributed by atoms with Crippen molar-refractivity contribution < 1.29 is 27.6 Å². The number of urea groups is 1. The second-order valence-electron chi connectivity index (χ2n) is 7.53. The van der Waals surface area contributed by atoms with Crippen LogP contribution in [-0.2, 0) is 15.1 Å². The van der Waals surface area contributed by atoms with Crippen LogP contribution < -0.4 is 5.32 Å². The first-order chi connectivity index (χ1) is 13.0. The summed E-state index contributed by atoms with van der Waals surface area (Å²) in [5.41, 5.74) is -0.836. The first kappa shape index (κ1) is 20.2. The Kier molecular flexibility index (Phi) is 5.12. The minimum absolute atomic E-state index is 0.0176. The molecule has 2 aliphatic rings. The highest BCUT2D eigenvalue weighted by Crippen LogP contribution is 2.36. The number of alkyl halides is 3. The number of benzene rings is 1. The molecule has 0 aromatic heterocycles. The van der Waals surface area contributed by atoms with Crippen molar-refractivity contribution >= 4 is 17.8 Å². The van der Waals surface area contributed by atoms with Gasteiger partial charge in [-0.2, -0.15) is 13.2 Å². The van der Waals surface area contributed by atoms with Crippen LogP contribution in [0.1, 0.15) is 32.3 Å². The lowest BCUT2D eigenvalue weighted by molar-refractivity contribution is -0.166. The van der Waals surface area contributed by atoms with E-state index in [1.807, 2.05) is 0 Å². The Balaban J connectivity index is 1.78. The second-order valence-corrected chi connectivity index (χ2v) is 7.53. The van der Waals surface area contributed by atoms with Gasteiger partial charge in [-0.25, -0.2) is 4.79 Å². The molecule has 0 bridgehead atoms. The van der Waals surface area contributed by atoms with Crippen LogP contribution in [0.4, 0.5) is 18.0 Å². The van der Waals surface area contributed by atoms with Crippen LogP contribution in [0, 0.1) is 5.92 Å². The number of rotatable bonds is 6. The maximum atomic E-state index is 13.0. The van der Waals surface area contributed by atoms with Crippen molar-refractivity contribution in [3.05, 3.63) is 35.9 Å². The highest BCUT2D eigenvalue weighted by Gasteiger charge is 2.50. The molecule has 1 N–H and O–H groups in total. The average molecular weight is 397 g/mol. The SMILES string of the molecule is C[C@@H](C1CC1)N(CC(F)(F)F)C(=O)CN1C(=O)N[C@](C)(c2ccccc2)C1=O. The summed E-state index contributed by atoms with van der Waals surface area (Å²) < 4.78 is 38.9. The van der Waals surface area contributed by atoms with Gasteiger partial charge in [0, 0.05) is 6.04 Å². The zero-order chi connectivity index (χ0) is 20.7. The molecule has 0 radical (unpaired) electrons. The van der Waals surface area contributed by atoms with Crippen molar-refractivity contribution in [2.75, 3.05) is 13.1 Å². The molecule has 1 aromatic rings. The minimum atomic E-state index is -4.56. The maximum Gasteiger partial charge on any atom is 0.406 e. The predicted molar refractivity (Wildman–Crippen MR) is 94.0 cm³/mol. The molecule has 2 fully saturated rings. The van der Waals surface area contributed by atoms with Crippen molar-refractivity contribution in [2.24, 2.45) is 5.92 Å². The summed E-state index contributed by atoms with van der Waals surface area (Å²) in [6, 6.07) is 7.09. The van der Waals surface area contributed by atoms with Gasteiger partial charge >= 0.3 is 12.2 Å². The molecule has 2 atom stereocenters. The third-order valence-corrected chi connectivity index (χ3v) is 5.39. The Labute approximate surface area is 160 Å². The van der Waals surface area contributed by atoms with Crippen molar-refractivity contribution in [1.29, 1.82) is 0 Å². The van der Waals surface area contributed by atoms with E-state index in [9.17, 15) is 27.6 Å². The number of hydrogen-bond donors (Lipinski definition) is 1. The van der Waals surface area contributed by atoms with Gasteiger partial charge in [-0.05, 0) is 38.2 Å². The Hall–Kier alpha value is -2.58. The Morgan fingerprint density at radius 1 is 1.29 bits per heavy atom. The quantitative estimate of drug-likeness (QED) is 0.751. The molecule has 4 amide bonds. The fraction of sp³-hybridized carbons (Fsp3) is 0.526. The van der Waals surface area contributed by atoms with Crippen LogP contribution in [0.5, 0.6) is 0 Å². The first-order valence-corrected chi connectivity index (χ1v) is 9.09. The highest BCUT2D eigenvalue weighted by atomic mass is 19.4. The van der Waals surface area contributed by atoms with Crippen LogP contribution in [0.2, 0.25) is 0 Å². The van der Waals surface area contributed by atoms with E-state index in [4.69, 9.17) is 0 Å². The Morgan fingerprint density at radius 3 is 2.43 bits per heavy atom. The number of carbonyl (C=O) groups excluding carboxylic acids is 3. The largest absolute Gasteiger partial charge is 0.406 e. The van der Waals surface area contributed by atoms with Gasteiger partial charge in [-0.1, -0.05) is 30.3 Å². The van der Waals surface area contributed by atoms with Crippen molar-refractivity contribution in [3.8, 4) is 0 Å². The second kappa shape index (κ2) is 7.10. The Morgan fingerprint density at radius 2 is 1.89 bits per heavy atom. The molecular weight excluding hydrogens is 375 g/mol. The van der Waals surface area contributed by atoms with Crippen molar-refractivity contribution in [1.82, 2.24) is 15.1 Å². The van der Waals surface area contributed by atoms with Gasteiger partial charge in [0.2, 0.25) is 5.91 Å². The van der Waals surface area contributed by atoms with E-state index in [2.05, 4.69) is 5.32 Å². The number of amides is 4. The minimum Gasteiger partial charge on any atom is -0.329 e. The number of hydrogen-bond acceptors (Lipinski definition) is 3. The number of nitrogens with zero attached hydrogens (tertiary/aromatic N) is 2. The summed E-state index contributed by atoms with van der Waals surface area (Å²) in [6.07, 6.45) is -3.04. The molecular formula is C19H22F3N3O3. The smallest absolute Gasteiger partial charge is 0.329 e. The molecule has 0 spiro atoms. The van der Waals surface area contributed by atoms with E-state index in [1.54, 1.807) is 37.3 Å². The van der Waals surface area contributed by atoms with E-state index < -0.39 is 48.7 Å². The molecule has 3 rings (SSSR count). The monoisotopic (exact) mass is 397 g/mol. The van der Waals surface area contributed by atoms with Gasteiger partial charge in [-0.3, -0.25) is 14.5 Å². The summed E-state index contributed by atoms with van der Waals surface area (Å²) in [5.74, 6) is -1.54. The summed E-state index contributed by atoms with van der Waals surface area (Å²) in [6.45, 7) is 0.956. The lowest BCUT2D eigenvalue weighted by atomic mass is 9.92. The molecule has 6 nitrogen and oxygen atoms in total. The van der Waals surface area contributed by atoms with Gasteiger partial charge in [0.1, 0.15) is 18.6 Å². The third-order valence-electron chi connectivity index (χ3n) is 5.39. The zero-order valence-corrected chi connectivity index (χ0v) is 15.6. The van der Waals surface area contributed by atoms with Crippen molar-refractivity contribution in [3.63, 3.8) is 0 Å². The van der Waals surface area contributed by atoms with E-state index in [-0.39, 0.29) is 5.92 Å². The van der Waals surface area contributed by atoms with Crippen molar-refractivity contribution in [2.45, 2.75) is 44.4 Å². The summed E-state index contributed by atoms with van der Waals surface area (Å²) >= 11 is 0. The van der Waals surface area contributed by atoms with Gasteiger partial charge in [0.05, 0.1) is 0 Å². The maximum absolute atomic E-state index is 13.0. The fourth-order valence-corrected chi connectivity index (χ4v) is 3.52. The van der Waals surface area contributed by atoms with E-state index in [1.165, 1.54) is 6.92 Å². The van der Waals surface area contributed by atoms with Gasteiger partial charge < -0.3 is 10.2 Å². The number of imide groups is 1. The lowest BCUT2D eigenvalue weighted by Crippen LogP contribution is -2.50. The van der Waals surface area contributed by atoms with Crippen LogP contribution in [0.15, 0.2) is 30.3 Å². The molecule has 1 saturated heterocycles. The average Bonchev–Trinajstić information content (AvgIpc) is 3.44. The van der Waals surface area contributed by atoms with Gasteiger partial charge in [0.25, 0.3) is 5.91 Å². The third kappa shape index (κ3) is 3.98. The van der Waals surface area contributed by atoms with Crippen LogP contribution >= 0.6 is 0 Å². The number of halogens is 3. The van der Waals surface area contributed by atoms with E-state index in [0.29, 0.717) is 10.5 Å². The summed E-state index contributed by atoms with van der Waals surface area (Å²) in [5, 5.41) is 2.55. The van der Waals surface area contributed by atoms with Gasteiger partial charge in [-0.15, -0.1) is 0 Å². The molecule has 1 saturated carbocycles. The highest BCUT2D eigenvalue weighted by molar-refractivity contribution is 6.09. The molecule has 1 aliphatic carbocycles. The van der Waals surface area contributed by atoms with Gasteiger partial charge in [0.15, 0.2) is 0 Å². The lowest BCUT2D eigenvalue weighted by Gasteiger charge is -2.31. The van der Waals surface area contributed by atoms with Crippen LogP contribution in [-0.4, -0.2) is 53.0 Å². The van der Waals surface area contributed by atoms with Crippen LogP contribution in [0.3, 0.4) is 0 Å². The molecule has 1 aromatic carbocycles. The predicted octanol–water partition coefficient (Wildman–Crippen LogP) is 2.64. The Bertz CT molecular complexity index is 780. The molecule has 9 heteroatoms. The topological polar surface area (TPSA) is 69.7 Å². The first-order valence-electron chi connectivity index (χ1n) is 9.09. The molecule has 1 heterocycles. The fourth-order valence-electron chi connectivity index (χ4n) is 3.52. The van der Waals surface area contributed by atoms with E-state index in [0.717, 1.165) is 17.7 Å². The normalized spacial score (nSPS) is 23.5. The van der Waals surface area contributed by atoms with E-state index >= 15 is 0 Å². The molecule has 0 unspecified atom stereocenters. The molecule has 28 heavy (non-hydrogen) atoms. The molecule has 1 aliphatic heterocycles. The number of carbonyl (C=O) groups is 3.